The Morgan fingerprint density at radius 2 is 1.75 bits per heavy atom. The molecule has 24 heavy (non-hydrogen) atoms. The summed E-state index contributed by atoms with van der Waals surface area (Å²) in [5, 5.41) is 24.1. The summed E-state index contributed by atoms with van der Waals surface area (Å²) in [6.45, 7) is 4.28. The first-order chi connectivity index (χ1) is 11.5. The van der Waals surface area contributed by atoms with E-state index in [1.165, 1.54) is 0 Å². The Hall–Kier alpha value is -2.68. The average molecular weight is 323 g/mol. The van der Waals surface area contributed by atoms with Crippen LogP contribution in [0.1, 0.15) is 41.4 Å². The second kappa shape index (κ2) is 8.25. The van der Waals surface area contributed by atoms with Crippen LogP contribution in [0.2, 0.25) is 0 Å². The van der Waals surface area contributed by atoms with Crippen LogP contribution < -0.4 is 10.6 Å². The fraction of sp³-hybridized carbons (Fsp3) is 0.263. The van der Waals surface area contributed by atoms with E-state index in [1.54, 1.807) is 31.2 Å². The molecule has 0 aliphatic carbocycles. The zero-order chi connectivity index (χ0) is 17.5. The van der Waals surface area contributed by atoms with Gasteiger partial charge < -0.3 is 15.7 Å². The number of carbonyl (C=O) groups excluding carboxylic acids is 1. The maximum absolute atomic E-state index is 12.2. The van der Waals surface area contributed by atoms with Gasteiger partial charge in [-0.25, -0.2) is 0 Å². The lowest BCUT2D eigenvalue weighted by atomic mass is 10.1. The van der Waals surface area contributed by atoms with Crippen molar-refractivity contribution >= 4 is 11.6 Å². The Bertz CT molecular complexity index is 716. The lowest BCUT2D eigenvalue weighted by Gasteiger charge is -2.16. The van der Waals surface area contributed by atoms with E-state index in [1.807, 2.05) is 37.3 Å². The van der Waals surface area contributed by atoms with Crippen molar-refractivity contribution in [1.29, 1.82) is 5.26 Å². The fourth-order valence-electron chi connectivity index (χ4n) is 2.22. The van der Waals surface area contributed by atoms with Gasteiger partial charge in [-0.2, -0.15) is 5.26 Å². The van der Waals surface area contributed by atoms with Crippen LogP contribution >= 0.6 is 0 Å². The number of nitrogens with one attached hydrogen (secondary N) is 2. The van der Waals surface area contributed by atoms with Gasteiger partial charge in [0, 0.05) is 23.8 Å². The van der Waals surface area contributed by atoms with E-state index in [0.29, 0.717) is 23.4 Å². The van der Waals surface area contributed by atoms with Gasteiger partial charge in [-0.05, 0) is 55.8 Å². The quantitative estimate of drug-likeness (QED) is 0.763. The molecule has 0 bridgehead atoms. The Balaban J connectivity index is 1.97. The molecule has 0 saturated carbocycles. The van der Waals surface area contributed by atoms with Crippen molar-refractivity contribution in [3.8, 4) is 6.07 Å². The van der Waals surface area contributed by atoms with Crippen LogP contribution in [0.3, 0.4) is 0 Å². The van der Waals surface area contributed by atoms with Crippen molar-refractivity contribution in [2.45, 2.75) is 26.0 Å². The number of anilines is 1. The molecule has 5 heteroatoms. The van der Waals surface area contributed by atoms with Crippen molar-refractivity contribution in [3.05, 3.63) is 65.2 Å². The lowest BCUT2D eigenvalue weighted by molar-refractivity contribution is 0.102. The number of amides is 1. The van der Waals surface area contributed by atoms with Crippen molar-refractivity contribution in [3.63, 3.8) is 0 Å². The van der Waals surface area contributed by atoms with Crippen LogP contribution in [0.15, 0.2) is 48.5 Å². The number of benzene rings is 2. The summed E-state index contributed by atoms with van der Waals surface area (Å²) in [7, 11) is 0. The van der Waals surface area contributed by atoms with Gasteiger partial charge in [-0.1, -0.05) is 12.1 Å². The molecule has 0 fully saturated rings. The fourth-order valence-corrected chi connectivity index (χ4v) is 2.22. The smallest absolute Gasteiger partial charge is 0.255 e. The minimum Gasteiger partial charge on any atom is -0.392 e. The third-order valence-electron chi connectivity index (χ3n) is 3.66. The van der Waals surface area contributed by atoms with E-state index >= 15 is 0 Å². The molecule has 2 atom stereocenters. The number of aliphatic hydroxyl groups excluding tert-OH is 1. The predicted molar refractivity (Wildman–Crippen MR) is 93.7 cm³/mol. The molecule has 0 spiro atoms. The molecule has 1 amide bonds. The Kier molecular flexibility index (Phi) is 6.07. The molecule has 2 aromatic carbocycles. The van der Waals surface area contributed by atoms with Crippen molar-refractivity contribution in [2.24, 2.45) is 0 Å². The second-order valence-electron chi connectivity index (χ2n) is 5.74. The molecule has 0 aliphatic rings. The second-order valence-corrected chi connectivity index (χ2v) is 5.74. The molecule has 2 aromatic rings. The monoisotopic (exact) mass is 323 g/mol. The molecule has 124 valence electrons. The summed E-state index contributed by atoms with van der Waals surface area (Å²) in [5.41, 5.74) is 2.81. The number of carbonyl (C=O) groups is 1. The van der Waals surface area contributed by atoms with Gasteiger partial charge in [-0.15, -0.1) is 0 Å². The van der Waals surface area contributed by atoms with Crippen LogP contribution in [-0.2, 0) is 0 Å². The van der Waals surface area contributed by atoms with E-state index in [9.17, 15) is 9.90 Å². The van der Waals surface area contributed by atoms with Gasteiger partial charge in [0.1, 0.15) is 0 Å². The largest absolute Gasteiger partial charge is 0.392 e. The summed E-state index contributed by atoms with van der Waals surface area (Å²) < 4.78 is 0. The summed E-state index contributed by atoms with van der Waals surface area (Å²) in [5.74, 6) is -0.215. The third kappa shape index (κ3) is 4.92. The highest BCUT2D eigenvalue weighted by molar-refractivity contribution is 6.04. The molecule has 0 heterocycles. The van der Waals surface area contributed by atoms with Crippen LogP contribution in [0.5, 0.6) is 0 Å². The Morgan fingerprint density at radius 3 is 2.29 bits per heavy atom. The Morgan fingerprint density at radius 1 is 1.12 bits per heavy atom. The van der Waals surface area contributed by atoms with Gasteiger partial charge in [0.05, 0.1) is 17.7 Å². The number of hydrogen-bond acceptors (Lipinski definition) is 4. The number of rotatable bonds is 6. The third-order valence-corrected chi connectivity index (χ3v) is 3.66. The standard InChI is InChI=1S/C19H21N3O2/c1-13(23)12-21-14(2)16-7-9-18(10-8-16)22-19(24)17-5-3-15(11-20)4-6-17/h3-10,13-14,21,23H,12H2,1-2H3,(H,22,24)/t13-,14+/m0/s1. The van der Waals surface area contributed by atoms with Gasteiger partial charge in [0.25, 0.3) is 5.91 Å². The number of nitriles is 1. The molecule has 3 N–H and O–H groups in total. The van der Waals surface area contributed by atoms with Gasteiger partial charge >= 0.3 is 0 Å². The van der Waals surface area contributed by atoms with Crippen molar-refractivity contribution in [1.82, 2.24) is 5.32 Å². The first-order valence-corrected chi connectivity index (χ1v) is 7.82. The van der Waals surface area contributed by atoms with Crippen LogP contribution in [0.25, 0.3) is 0 Å². The van der Waals surface area contributed by atoms with Crippen LogP contribution in [0, 0.1) is 11.3 Å². The van der Waals surface area contributed by atoms with E-state index in [2.05, 4.69) is 10.6 Å². The van der Waals surface area contributed by atoms with Gasteiger partial charge in [0.15, 0.2) is 0 Å². The molecule has 0 radical (unpaired) electrons. The normalized spacial score (nSPS) is 12.9. The maximum atomic E-state index is 12.2. The molecule has 0 aromatic heterocycles. The minimum absolute atomic E-state index is 0.114. The van der Waals surface area contributed by atoms with Gasteiger partial charge in [-0.3, -0.25) is 4.79 Å². The van der Waals surface area contributed by atoms with E-state index in [4.69, 9.17) is 5.26 Å². The average Bonchev–Trinajstić information content (AvgIpc) is 2.60. The summed E-state index contributed by atoms with van der Waals surface area (Å²) in [6.07, 6.45) is -0.390. The highest BCUT2D eigenvalue weighted by Gasteiger charge is 2.08. The first-order valence-electron chi connectivity index (χ1n) is 7.82. The summed E-state index contributed by atoms with van der Waals surface area (Å²) in [6, 6.07) is 16.2. The minimum atomic E-state index is -0.390. The van der Waals surface area contributed by atoms with E-state index in [0.717, 1.165) is 5.56 Å². The van der Waals surface area contributed by atoms with Crippen LogP contribution in [0.4, 0.5) is 5.69 Å². The zero-order valence-electron chi connectivity index (χ0n) is 13.8. The molecule has 0 saturated heterocycles. The number of nitrogens with zero attached hydrogens (tertiary/aromatic N) is 1. The Labute approximate surface area is 141 Å². The summed E-state index contributed by atoms with van der Waals surface area (Å²) >= 11 is 0. The van der Waals surface area contributed by atoms with E-state index < -0.39 is 6.10 Å². The number of hydrogen-bond donors (Lipinski definition) is 3. The van der Waals surface area contributed by atoms with Crippen LogP contribution in [-0.4, -0.2) is 23.7 Å². The molecular formula is C19H21N3O2. The molecular weight excluding hydrogens is 302 g/mol. The molecule has 0 aliphatic heterocycles. The zero-order valence-corrected chi connectivity index (χ0v) is 13.8. The van der Waals surface area contributed by atoms with Crippen molar-refractivity contribution < 1.29 is 9.90 Å². The van der Waals surface area contributed by atoms with Crippen molar-refractivity contribution in [2.75, 3.05) is 11.9 Å². The highest BCUT2D eigenvalue weighted by Crippen LogP contribution is 2.17. The highest BCUT2D eigenvalue weighted by atomic mass is 16.3. The molecule has 0 unspecified atom stereocenters. The number of aliphatic hydroxyl groups is 1. The van der Waals surface area contributed by atoms with E-state index in [-0.39, 0.29) is 11.9 Å². The SMILES string of the molecule is C[C@H](O)CN[C@H](C)c1ccc(NC(=O)c2ccc(C#N)cc2)cc1. The summed E-state index contributed by atoms with van der Waals surface area (Å²) in [4.78, 5) is 12.2. The first kappa shape index (κ1) is 17.7. The van der Waals surface area contributed by atoms with Gasteiger partial charge in [0.2, 0.25) is 0 Å². The maximum Gasteiger partial charge on any atom is 0.255 e. The molecule has 2 rings (SSSR count). The topological polar surface area (TPSA) is 85.2 Å². The lowest BCUT2D eigenvalue weighted by Crippen LogP contribution is -2.27. The predicted octanol–water partition coefficient (Wildman–Crippen LogP) is 2.84. The molecule has 5 nitrogen and oxygen atoms in total.